The van der Waals surface area contributed by atoms with Gasteiger partial charge in [-0.25, -0.2) is 17.1 Å². The molecule has 0 bridgehead atoms. The lowest BCUT2D eigenvalue weighted by atomic mass is 9.99. The fourth-order valence-electron chi connectivity index (χ4n) is 2.44. The molecule has 1 aliphatic rings. The van der Waals surface area contributed by atoms with E-state index in [4.69, 9.17) is 0 Å². The van der Waals surface area contributed by atoms with E-state index in [0.717, 1.165) is 0 Å². The zero-order valence-corrected chi connectivity index (χ0v) is 12.6. The van der Waals surface area contributed by atoms with Gasteiger partial charge in [0, 0.05) is 18.7 Å². The quantitative estimate of drug-likeness (QED) is 0.791. The Bertz CT molecular complexity index is 609. The van der Waals surface area contributed by atoms with E-state index in [1.165, 1.54) is 29.6 Å². The molecular weight excluding hydrogens is 297 g/mol. The van der Waals surface area contributed by atoms with Crippen molar-refractivity contribution >= 4 is 16.0 Å². The minimum absolute atomic E-state index is 0.160. The van der Waals surface area contributed by atoms with Crippen molar-refractivity contribution in [1.82, 2.24) is 4.31 Å². The smallest absolute Gasteiger partial charge is 0.308 e. The number of rotatable bonds is 4. The molecule has 1 aliphatic heterocycles. The van der Waals surface area contributed by atoms with Gasteiger partial charge in [0.25, 0.3) is 0 Å². The summed E-state index contributed by atoms with van der Waals surface area (Å²) >= 11 is 0. The van der Waals surface area contributed by atoms with Gasteiger partial charge in [0.15, 0.2) is 0 Å². The standard InChI is InChI=1S/C14H18FNO4S/c1-20-14(17)11-6-8-16(9-7-11)21(18,19)10-12-4-2-3-5-13(12)15/h2-5,11H,6-10H2,1H3. The summed E-state index contributed by atoms with van der Waals surface area (Å²) in [5.74, 6) is -1.44. The van der Waals surface area contributed by atoms with Crippen LogP contribution in [-0.2, 0) is 25.3 Å². The Labute approximate surface area is 123 Å². The lowest BCUT2D eigenvalue weighted by Gasteiger charge is -2.29. The molecule has 0 aromatic heterocycles. The number of ether oxygens (including phenoxy) is 1. The summed E-state index contributed by atoms with van der Waals surface area (Å²) in [6, 6.07) is 5.84. The molecule has 0 aliphatic carbocycles. The van der Waals surface area contributed by atoms with Gasteiger partial charge in [0.2, 0.25) is 10.0 Å². The Balaban J connectivity index is 2.02. The fourth-order valence-corrected chi connectivity index (χ4v) is 4.02. The largest absolute Gasteiger partial charge is 0.469 e. The van der Waals surface area contributed by atoms with Crippen molar-refractivity contribution < 1.29 is 22.3 Å². The van der Waals surface area contributed by atoms with Gasteiger partial charge in [-0.05, 0) is 18.9 Å². The number of benzene rings is 1. The summed E-state index contributed by atoms with van der Waals surface area (Å²) in [5.41, 5.74) is 0.160. The third-order valence-corrected chi connectivity index (χ3v) is 5.51. The Hall–Kier alpha value is -1.47. The minimum Gasteiger partial charge on any atom is -0.469 e. The molecule has 1 aromatic rings. The number of esters is 1. The van der Waals surface area contributed by atoms with Crippen LogP contribution in [0.5, 0.6) is 0 Å². The third kappa shape index (κ3) is 3.79. The van der Waals surface area contributed by atoms with Gasteiger partial charge in [-0.2, -0.15) is 0 Å². The molecule has 2 rings (SSSR count). The predicted octanol–water partition coefficient (Wildman–Crippen LogP) is 1.54. The number of piperidine rings is 1. The van der Waals surface area contributed by atoms with Crippen LogP contribution in [0.25, 0.3) is 0 Å². The topological polar surface area (TPSA) is 63.7 Å². The highest BCUT2D eigenvalue weighted by Gasteiger charge is 2.31. The molecule has 7 heteroatoms. The van der Waals surface area contributed by atoms with Crippen molar-refractivity contribution in [2.75, 3.05) is 20.2 Å². The number of halogens is 1. The maximum Gasteiger partial charge on any atom is 0.308 e. The molecule has 1 fully saturated rings. The molecule has 0 radical (unpaired) electrons. The van der Waals surface area contributed by atoms with Crippen LogP contribution in [0.3, 0.4) is 0 Å². The highest BCUT2D eigenvalue weighted by molar-refractivity contribution is 7.88. The summed E-state index contributed by atoms with van der Waals surface area (Å²) in [4.78, 5) is 11.4. The number of methoxy groups -OCH3 is 1. The monoisotopic (exact) mass is 315 g/mol. The molecule has 0 atom stereocenters. The molecule has 1 aromatic carbocycles. The van der Waals surface area contributed by atoms with Crippen molar-refractivity contribution in [2.24, 2.45) is 5.92 Å². The number of hydrogen-bond acceptors (Lipinski definition) is 4. The van der Waals surface area contributed by atoms with Gasteiger partial charge >= 0.3 is 5.97 Å². The van der Waals surface area contributed by atoms with Crippen LogP contribution >= 0.6 is 0 Å². The van der Waals surface area contributed by atoms with Crippen molar-refractivity contribution in [1.29, 1.82) is 0 Å². The first-order valence-electron chi connectivity index (χ1n) is 6.73. The first-order valence-corrected chi connectivity index (χ1v) is 8.34. The maximum atomic E-state index is 13.6. The van der Waals surface area contributed by atoms with E-state index in [9.17, 15) is 17.6 Å². The molecular formula is C14H18FNO4S. The number of hydrogen-bond donors (Lipinski definition) is 0. The SMILES string of the molecule is COC(=O)C1CCN(S(=O)(=O)Cc2ccccc2F)CC1. The molecule has 1 heterocycles. The van der Waals surface area contributed by atoms with Crippen LogP contribution in [0.4, 0.5) is 4.39 Å². The van der Waals surface area contributed by atoms with Crippen molar-refractivity contribution in [3.63, 3.8) is 0 Å². The van der Waals surface area contributed by atoms with Crippen molar-refractivity contribution in [2.45, 2.75) is 18.6 Å². The van der Waals surface area contributed by atoms with Gasteiger partial charge in [-0.3, -0.25) is 4.79 Å². The minimum atomic E-state index is -3.57. The summed E-state index contributed by atoms with van der Waals surface area (Å²) in [6.45, 7) is 0.521. The average Bonchev–Trinajstić information content (AvgIpc) is 2.49. The molecule has 21 heavy (non-hydrogen) atoms. The Morgan fingerprint density at radius 2 is 1.95 bits per heavy atom. The van der Waals surface area contributed by atoms with Crippen LogP contribution in [0.15, 0.2) is 24.3 Å². The fraction of sp³-hybridized carbons (Fsp3) is 0.500. The van der Waals surface area contributed by atoms with Crippen molar-refractivity contribution in [3.05, 3.63) is 35.6 Å². The molecule has 0 N–H and O–H groups in total. The number of carbonyl (C=O) groups is 1. The average molecular weight is 315 g/mol. The highest BCUT2D eigenvalue weighted by atomic mass is 32.2. The molecule has 1 saturated heterocycles. The van der Waals surface area contributed by atoms with Crippen LogP contribution in [0.2, 0.25) is 0 Å². The summed E-state index contributed by atoms with van der Waals surface area (Å²) < 4.78 is 44.1. The van der Waals surface area contributed by atoms with E-state index in [1.807, 2.05) is 0 Å². The lowest BCUT2D eigenvalue weighted by Crippen LogP contribution is -2.41. The van der Waals surface area contributed by atoms with E-state index in [-0.39, 0.29) is 36.3 Å². The van der Waals surface area contributed by atoms with E-state index >= 15 is 0 Å². The molecule has 116 valence electrons. The van der Waals surface area contributed by atoms with Gasteiger partial charge in [0.05, 0.1) is 18.8 Å². The highest BCUT2D eigenvalue weighted by Crippen LogP contribution is 2.23. The van der Waals surface area contributed by atoms with Crippen molar-refractivity contribution in [3.8, 4) is 0 Å². The molecule has 0 spiro atoms. The number of sulfonamides is 1. The van der Waals surface area contributed by atoms with Crippen LogP contribution in [-0.4, -0.2) is 38.9 Å². The Morgan fingerprint density at radius 1 is 1.33 bits per heavy atom. The second-order valence-corrected chi connectivity index (χ2v) is 7.01. The Morgan fingerprint density at radius 3 is 2.52 bits per heavy atom. The van der Waals surface area contributed by atoms with Gasteiger partial charge in [-0.15, -0.1) is 0 Å². The molecule has 0 saturated carbocycles. The summed E-state index contributed by atoms with van der Waals surface area (Å²) in [6.07, 6.45) is 0.867. The zero-order chi connectivity index (χ0) is 15.5. The summed E-state index contributed by atoms with van der Waals surface area (Å²) in [7, 11) is -2.25. The maximum absolute atomic E-state index is 13.6. The second kappa shape index (κ2) is 6.53. The van der Waals surface area contributed by atoms with E-state index < -0.39 is 15.8 Å². The van der Waals surface area contributed by atoms with E-state index in [0.29, 0.717) is 12.8 Å². The molecule has 0 unspecified atom stereocenters. The first-order chi connectivity index (χ1) is 9.94. The van der Waals surface area contributed by atoms with Crippen LogP contribution in [0, 0.1) is 11.7 Å². The predicted molar refractivity (Wildman–Crippen MR) is 75.3 cm³/mol. The third-order valence-electron chi connectivity index (χ3n) is 3.68. The number of nitrogens with zero attached hydrogens (tertiary/aromatic N) is 1. The molecule has 5 nitrogen and oxygen atoms in total. The first kappa shape index (κ1) is 15.9. The van der Waals surface area contributed by atoms with E-state index in [1.54, 1.807) is 6.07 Å². The zero-order valence-electron chi connectivity index (χ0n) is 11.8. The van der Waals surface area contributed by atoms with E-state index in [2.05, 4.69) is 4.74 Å². The second-order valence-electron chi connectivity index (χ2n) is 5.04. The number of carbonyl (C=O) groups excluding carboxylic acids is 1. The normalized spacial score (nSPS) is 17.6. The summed E-state index contributed by atoms with van der Waals surface area (Å²) in [5, 5.41) is 0. The van der Waals surface area contributed by atoms with Crippen LogP contribution in [0.1, 0.15) is 18.4 Å². The Kier molecular flexibility index (Phi) is 4.95. The van der Waals surface area contributed by atoms with Gasteiger partial charge < -0.3 is 4.74 Å². The molecule has 0 amide bonds. The van der Waals surface area contributed by atoms with Crippen LogP contribution < -0.4 is 0 Å². The lowest BCUT2D eigenvalue weighted by molar-refractivity contribution is -0.146. The van der Waals surface area contributed by atoms with Gasteiger partial charge in [-0.1, -0.05) is 18.2 Å². The van der Waals surface area contributed by atoms with Gasteiger partial charge in [0.1, 0.15) is 5.82 Å².